The molecule has 1 atom stereocenters. The second-order valence-corrected chi connectivity index (χ2v) is 7.35. The number of hydrogen-bond donors (Lipinski definition) is 1. The standard InChI is InChI=1S/C25H22F3N3O/c1-29-24-31-25(23(27)28,14-15-32-24)20-16-19(12-13-21(20)26)30-22(17-8-4-2-5-9-17)18-10-6-3-7-11-18/h2-13,16,23H,14-15H2,1H3,(H,29,31)/t25-/m0/s1. The van der Waals surface area contributed by atoms with E-state index in [0.29, 0.717) is 11.4 Å². The molecule has 1 heterocycles. The van der Waals surface area contributed by atoms with Crippen LogP contribution in [0.25, 0.3) is 0 Å². The van der Waals surface area contributed by atoms with Crippen LogP contribution in [0, 0.1) is 5.82 Å². The summed E-state index contributed by atoms with van der Waals surface area (Å²) < 4.78 is 48.7. The molecule has 0 amide bonds. The molecule has 1 aliphatic rings. The van der Waals surface area contributed by atoms with E-state index in [1.165, 1.54) is 19.2 Å². The number of nitrogens with one attached hydrogen (secondary N) is 1. The van der Waals surface area contributed by atoms with Crippen molar-refractivity contribution in [2.45, 2.75) is 18.4 Å². The highest BCUT2D eigenvalue weighted by atomic mass is 19.3. The van der Waals surface area contributed by atoms with Crippen LogP contribution >= 0.6 is 0 Å². The summed E-state index contributed by atoms with van der Waals surface area (Å²) in [4.78, 5) is 8.78. The summed E-state index contributed by atoms with van der Waals surface area (Å²) in [5, 5.41) is 2.64. The summed E-state index contributed by atoms with van der Waals surface area (Å²) in [5.74, 6) is -0.758. The topological polar surface area (TPSA) is 46.0 Å². The summed E-state index contributed by atoms with van der Waals surface area (Å²) in [6.45, 7) is -0.00374. The molecule has 0 aromatic heterocycles. The zero-order valence-electron chi connectivity index (χ0n) is 17.4. The van der Waals surface area contributed by atoms with Gasteiger partial charge in [0.1, 0.15) is 5.82 Å². The maximum atomic E-state index is 14.9. The van der Waals surface area contributed by atoms with E-state index in [4.69, 9.17) is 9.73 Å². The van der Waals surface area contributed by atoms with Crippen LogP contribution in [0.5, 0.6) is 0 Å². The lowest BCUT2D eigenvalue weighted by Gasteiger charge is -2.33. The van der Waals surface area contributed by atoms with Crippen LogP contribution < -0.4 is 5.32 Å². The highest BCUT2D eigenvalue weighted by Crippen LogP contribution is 2.41. The molecule has 0 aliphatic carbocycles. The Labute approximate surface area is 184 Å². The zero-order valence-corrected chi connectivity index (χ0v) is 17.4. The fourth-order valence-corrected chi connectivity index (χ4v) is 3.70. The first-order valence-corrected chi connectivity index (χ1v) is 10.2. The molecule has 0 saturated carbocycles. The lowest BCUT2D eigenvalue weighted by molar-refractivity contribution is 0.0239. The van der Waals surface area contributed by atoms with Gasteiger partial charge in [-0.2, -0.15) is 0 Å². The number of ether oxygens (including phenoxy) is 1. The maximum Gasteiger partial charge on any atom is 0.285 e. The Bertz CT molecular complexity index is 1090. The average molecular weight is 437 g/mol. The smallest absolute Gasteiger partial charge is 0.285 e. The normalized spacial score (nSPS) is 18.0. The summed E-state index contributed by atoms with van der Waals surface area (Å²) in [7, 11) is 1.52. The van der Waals surface area contributed by atoms with Gasteiger partial charge >= 0.3 is 0 Å². The maximum absolute atomic E-state index is 14.9. The molecule has 1 aliphatic heterocycles. The molecular weight excluding hydrogens is 415 g/mol. The first-order valence-electron chi connectivity index (χ1n) is 10.2. The summed E-state index contributed by atoms with van der Waals surface area (Å²) in [5.41, 5.74) is 0.471. The van der Waals surface area contributed by atoms with E-state index in [1.807, 2.05) is 60.7 Å². The molecule has 3 aromatic carbocycles. The van der Waals surface area contributed by atoms with Crippen molar-refractivity contribution in [3.63, 3.8) is 0 Å². The summed E-state index contributed by atoms with van der Waals surface area (Å²) in [6.07, 6.45) is -3.07. The van der Waals surface area contributed by atoms with E-state index >= 15 is 0 Å². The van der Waals surface area contributed by atoms with E-state index in [-0.39, 0.29) is 24.6 Å². The average Bonchev–Trinajstić information content (AvgIpc) is 2.84. The van der Waals surface area contributed by atoms with Crippen LogP contribution in [0.1, 0.15) is 23.1 Å². The molecule has 3 aromatic rings. The van der Waals surface area contributed by atoms with Gasteiger partial charge in [0, 0.05) is 30.2 Å². The molecule has 1 N–H and O–H groups in total. The van der Waals surface area contributed by atoms with Gasteiger partial charge in [-0.15, -0.1) is 0 Å². The molecule has 0 spiro atoms. The van der Waals surface area contributed by atoms with Gasteiger partial charge in [-0.25, -0.2) is 23.2 Å². The molecule has 32 heavy (non-hydrogen) atoms. The van der Waals surface area contributed by atoms with E-state index in [1.54, 1.807) is 0 Å². The van der Waals surface area contributed by atoms with Crippen LogP contribution in [-0.2, 0) is 10.3 Å². The van der Waals surface area contributed by atoms with Gasteiger partial charge in [-0.1, -0.05) is 60.7 Å². The second-order valence-electron chi connectivity index (χ2n) is 7.35. The van der Waals surface area contributed by atoms with Gasteiger partial charge in [0.05, 0.1) is 18.0 Å². The Morgan fingerprint density at radius 2 is 1.62 bits per heavy atom. The Kier molecular flexibility index (Phi) is 6.25. The number of rotatable bonds is 5. The number of aliphatic imine (C=N–C) groups is 2. The molecular formula is C25H22F3N3O. The van der Waals surface area contributed by atoms with Crippen LogP contribution in [0.4, 0.5) is 18.9 Å². The molecule has 0 saturated heterocycles. The summed E-state index contributed by atoms with van der Waals surface area (Å²) in [6, 6.07) is 23.0. The van der Waals surface area contributed by atoms with Gasteiger partial charge in [0.15, 0.2) is 5.54 Å². The quantitative estimate of drug-likeness (QED) is 0.540. The third-order valence-corrected chi connectivity index (χ3v) is 5.35. The van der Waals surface area contributed by atoms with Crippen molar-refractivity contribution in [2.75, 3.05) is 13.7 Å². The largest absolute Gasteiger partial charge is 0.465 e. The Morgan fingerprint density at radius 1 is 1.00 bits per heavy atom. The predicted octanol–water partition coefficient (Wildman–Crippen LogP) is 5.45. The van der Waals surface area contributed by atoms with Crippen LogP contribution in [-0.4, -0.2) is 31.8 Å². The van der Waals surface area contributed by atoms with Gasteiger partial charge in [-0.3, -0.25) is 0 Å². The number of nitrogens with zero attached hydrogens (tertiary/aromatic N) is 2. The van der Waals surface area contributed by atoms with Crippen molar-refractivity contribution < 1.29 is 17.9 Å². The number of amidine groups is 1. The highest BCUT2D eigenvalue weighted by molar-refractivity contribution is 6.13. The van der Waals surface area contributed by atoms with E-state index in [0.717, 1.165) is 17.2 Å². The fourth-order valence-electron chi connectivity index (χ4n) is 3.70. The van der Waals surface area contributed by atoms with Gasteiger partial charge in [0.25, 0.3) is 12.4 Å². The van der Waals surface area contributed by atoms with E-state index < -0.39 is 17.8 Å². The first-order chi connectivity index (χ1) is 15.5. The van der Waals surface area contributed by atoms with Crippen LogP contribution in [0.15, 0.2) is 88.8 Å². The molecule has 4 nitrogen and oxygen atoms in total. The number of hydrogen-bond acceptors (Lipinski definition) is 4. The lowest BCUT2D eigenvalue weighted by Crippen LogP contribution is -2.42. The molecule has 7 heteroatoms. The molecule has 4 rings (SSSR count). The Balaban J connectivity index is 1.86. The van der Waals surface area contributed by atoms with Gasteiger partial charge in [-0.05, 0) is 18.2 Å². The van der Waals surface area contributed by atoms with E-state index in [2.05, 4.69) is 10.3 Å². The van der Waals surface area contributed by atoms with Crippen LogP contribution in [0.2, 0.25) is 0 Å². The highest BCUT2D eigenvalue weighted by Gasteiger charge is 2.46. The van der Waals surface area contributed by atoms with E-state index in [9.17, 15) is 13.2 Å². The third-order valence-electron chi connectivity index (χ3n) is 5.35. The fraction of sp³-hybridized carbons (Fsp3) is 0.200. The van der Waals surface area contributed by atoms with Crippen molar-refractivity contribution in [2.24, 2.45) is 9.98 Å². The minimum absolute atomic E-state index is 0.00374. The minimum atomic E-state index is -2.92. The lowest BCUT2D eigenvalue weighted by atomic mass is 9.86. The predicted molar refractivity (Wildman–Crippen MR) is 119 cm³/mol. The number of benzene rings is 3. The molecule has 164 valence electrons. The third kappa shape index (κ3) is 4.23. The van der Waals surface area contributed by atoms with Crippen molar-refractivity contribution in [3.05, 3.63) is 101 Å². The SMILES string of the molecule is CNC1=N[C@@](c2cc(N=C(c3ccccc3)c3ccccc3)ccc2F)(C(F)F)CCO1. The molecule has 0 fully saturated rings. The second kappa shape index (κ2) is 9.26. The Morgan fingerprint density at radius 3 is 2.19 bits per heavy atom. The van der Waals surface area contributed by atoms with Crippen molar-refractivity contribution in [3.8, 4) is 0 Å². The zero-order chi connectivity index (χ0) is 22.6. The van der Waals surface area contributed by atoms with Gasteiger partial charge in [0.2, 0.25) is 0 Å². The first kappa shape index (κ1) is 21.6. The monoisotopic (exact) mass is 437 g/mol. The Hall–Kier alpha value is -3.61. The number of halogens is 3. The summed E-state index contributed by atoms with van der Waals surface area (Å²) >= 11 is 0. The van der Waals surface area contributed by atoms with Crippen LogP contribution in [0.3, 0.4) is 0 Å². The van der Waals surface area contributed by atoms with Crippen molar-refractivity contribution in [1.82, 2.24) is 5.32 Å². The van der Waals surface area contributed by atoms with Crippen molar-refractivity contribution in [1.29, 1.82) is 0 Å². The van der Waals surface area contributed by atoms with Crippen molar-refractivity contribution >= 4 is 17.4 Å². The minimum Gasteiger partial charge on any atom is -0.465 e. The number of alkyl halides is 2. The molecule has 0 unspecified atom stereocenters. The molecule has 0 bridgehead atoms. The molecule has 0 radical (unpaired) electrons. The van der Waals surface area contributed by atoms with Gasteiger partial charge < -0.3 is 10.1 Å².